The van der Waals surface area contributed by atoms with Gasteiger partial charge in [-0.05, 0) is 52.2 Å². The smallest absolute Gasteiger partial charge is 0.407 e. The maximum atomic E-state index is 11.6. The number of nitrogens with zero attached hydrogens (tertiary/aromatic N) is 3. The molecule has 2 heterocycles. The molecule has 0 aromatic carbocycles. The van der Waals surface area contributed by atoms with Crippen molar-refractivity contribution in [2.45, 2.75) is 57.7 Å². The van der Waals surface area contributed by atoms with Gasteiger partial charge >= 0.3 is 6.09 Å². The summed E-state index contributed by atoms with van der Waals surface area (Å²) in [5.41, 5.74) is 0.810. The van der Waals surface area contributed by atoms with E-state index in [4.69, 9.17) is 4.42 Å². The Morgan fingerprint density at radius 3 is 2.87 bits per heavy atom. The lowest BCUT2D eigenvalue weighted by molar-refractivity contribution is 0.0718. The molecule has 124 valence electrons. The number of oxazole rings is 1. The van der Waals surface area contributed by atoms with Crippen LogP contribution in [0.3, 0.4) is 0 Å². The van der Waals surface area contributed by atoms with Gasteiger partial charge in [-0.25, -0.2) is 9.78 Å². The Morgan fingerprint density at radius 2 is 2.22 bits per heavy atom. The number of anilines is 1. The standard InChI is InChI=1S/C16H22N4O3/c1-16(2,3)20(15(21)22)11-7-6-10(9-11)18-14-19-12-5-4-8-17-13(12)23-14/h4-5,8,10-11H,6-7,9H2,1-3H3,(H,18,19)(H,21,22)/t10-,11-/m0/s1. The summed E-state index contributed by atoms with van der Waals surface area (Å²) >= 11 is 0. The van der Waals surface area contributed by atoms with E-state index in [1.165, 1.54) is 0 Å². The molecular formula is C16H22N4O3. The second-order valence-corrected chi connectivity index (χ2v) is 6.98. The highest BCUT2D eigenvalue weighted by Gasteiger charge is 2.38. The summed E-state index contributed by atoms with van der Waals surface area (Å²) in [5.74, 6) is 0. The molecule has 3 rings (SSSR count). The average molecular weight is 318 g/mol. The summed E-state index contributed by atoms with van der Waals surface area (Å²) in [5, 5.41) is 12.8. The van der Waals surface area contributed by atoms with Gasteiger partial charge in [0, 0.05) is 23.8 Å². The van der Waals surface area contributed by atoms with Crippen molar-refractivity contribution in [1.29, 1.82) is 0 Å². The zero-order chi connectivity index (χ0) is 16.6. The number of carboxylic acid groups (broad SMARTS) is 1. The van der Waals surface area contributed by atoms with Gasteiger partial charge in [-0.1, -0.05) is 0 Å². The fourth-order valence-corrected chi connectivity index (χ4v) is 3.32. The number of rotatable bonds is 3. The first-order valence-electron chi connectivity index (χ1n) is 7.85. The third-order valence-electron chi connectivity index (χ3n) is 4.19. The summed E-state index contributed by atoms with van der Waals surface area (Å²) in [7, 11) is 0. The number of amides is 1. The largest absolute Gasteiger partial charge is 0.465 e. The second-order valence-electron chi connectivity index (χ2n) is 6.98. The van der Waals surface area contributed by atoms with E-state index in [0.717, 1.165) is 19.3 Å². The number of hydrogen-bond acceptors (Lipinski definition) is 5. The zero-order valence-corrected chi connectivity index (χ0v) is 13.6. The Hall–Kier alpha value is -2.31. The van der Waals surface area contributed by atoms with Crippen molar-refractivity contribution in [1.82, 2.24) is 14.9 Å². The van der Waals surface area contributed by atoms with Crippen LogP contribution in [0.1, 0.15) is 40.0 Å². The summed E-state index contributed by atoms with van der Waals surface area (Å²) in [4.78, 5) is 21.6. The third-order valence-corrected chi connectivity index (χ3v) is 4.19. The predicted molar refractivity (Wildman–Crippen MR) is 86.5 cm³/mol. The molecule has 1 amide bonds. The molecule has 1 fully saturated rings. The van der Waals surface area contributed by atoms with Gasteiger partial charge in [0.25, 0.3) is 6.01 Å². The zero-order valence-electron chi connectivity index (χ0n) is 13.6. The molecule has 7 heteroatoms. The van der Waals surface area contributed by atoms with Crippen molar-refractivity contribution in [2.24, 2.45) is 0 Å². The van der Waals surface area contributed by atoms with Gasteiger partial charge in [0.2, 0.25) is 5.71 Å². The first-order chi connectivity index (χ1) is 10.8. The van der Waals surface area contributed by atoms with Crippen LogP contribution in [0.2, 0.25) is 0 Å². The van der Waals surface area contributed by atoms with Crippen molar-refractivity contribution >= 4 is 23.3 Å². The van der Waals surface area contributed by atoms with Gasteiger partial charge in [0.05, 0.1) is 0 Å². The first-order valence-corrected chi connectivity index (χ1v) is 7.85. The number of nitrogens with one attached hydrogen (secondary N) is 1. The van der Waals surface area contributed by atoms with Crippen LogP contribution < -0.4 is 5.32 Å². The average Bonchev–Trinajstić information content (AvgIpc) is 3.03. The molecule has 0 aliphatic heterocycles. The van der Waals surface area contributed by atoms with E-state index >= 15 is 0 Å². The van der Waals surface area contributed by atoms with Gasteiger partial charge < -0.3 is 19.7 Å². The van der Waals surface area contributed by atoms with E-state index in [-0.39, 0.29) is 12.1 Å². The summed E-state index contributed by atoms with van der Waals surface area (Å²) in [6.07, 6.45) is 3.26. The highest BCUT2D eigenvalue weighted by molar-refractivity contribution is 5.69. The SMILES string of the molecule is CC(C)(C)N(C(=O)O)[C@H]1CC[C@H](Nc2nc3cccnc3o2)C1. The number of carbonyl (C=O) groups is 1. The van der Waals surface area contributed by atoms with E-state index in [1.54, 1.807) is 11.1 Å². The van der Waals surface area contributed by atoms with Crippen LogP contribution >= 0.6 is 0 Å². The number of fused-ring (bicyclic) bond motifs is 1. The molecule has 2 N–H and O–H groups in total. The van der Waals surface area contributed by atoms with E-state index in [0.29, 0.717) is 17.2 Å². The molecule has 7 nitrogen and oxygen atoms in total. The summed E-state index contributed by atoms with van der Waals surface area (Å²) in [6, 6.07) is 4.26. The van der Waals surface area contributed by atoms with Crippen LogP contribution in [-0.4, -0.2) is 43.7 Å². The molecule has 0 radical (unpaired) electrons. The van der Waals surface area contributed by atoms with Gasteiger partial charge in [0.1, 0.15) is 5.52 Å². The molecule has 1 aliphatic rings. The monoisotopic (exact) mass is 318 g/mol. The Balaban J connectivity index is 1.68. The first kappa shape index (κ1) is 15.6. The highest BCUT2D eigenvalue weighted by Crippen LogP contribution is 2.31. The Bertz CT molecular complexity index is 674. The fraction of sp³-hybridized carbons (Fsp3) is 0.562. The van der Waals surface area contributed by atoms with E-state index in [2.05, 4.69) is 15.3 Å². The van der Waals surface area contributed by atoms with Crippen molar-refractivity contribution in [3.05, 3.63) is 18.3 Å². The maximum Gasteiger partial charge on any atom is 0.407 e. The Labute approximate surface area is 134 Å². The normalized spacial score (nSPS) is 21.5. The lowest BCUT2D eigenvalue weighted by Gasteiger charge is -2.38. The lowest BCUT2D eigenvalue weighted by Crippen LogP contribution is -2.50. The van der Waals surface area contributed by atoms with E-state index < -0.39 is 11.6 Å². The van der Waals surface area contributed by atoms with E-state index in [1.807, 2.05) is 32.9 Å². The highest BCUT2D eigenvalue weighted by atomic mass is 16.4. The molecule has 2 aromatic rings. The number of aromatic nitrogens is 2. The number of hydrogen-bond donors (Lipinski definition) is 2. The Morgan fingerprint density at radius 1 is 1.43 bits per heavy atom. The van der Waals surface area contributed by atoms with Crippen LogP contribution in [0.25, 0.3) is 11.2 Å². The molecule has 0 spiro atoms. The van der Waals surface area contributed by atoms with Crippen molar-refractivity contribution in [3.63, 3.8) is 0 Å². The van der Waals surface area contributed by atoms with Crippen LogP contribution in [0.4, 0.5) is 10.8 Å². The van der Waals surface area contributed by atoms with Crippen LogP contribution in [0.15, 0.2) is 22.7 Å². The lowest BCUT2D eigenvalue weighted by atomic mass is 10.0. The molecule has 2 aromatic heterocycles. The van der Waals surface area contributed by atoms with Gasteiger partial charge in [-0.2, -0.15) is 4.98 Å². The third kappa shape index (κ3) is 3.23. The summed E-state index contributed by atoms with van der Waals surface area (Å²) < 4.78 is 5.58. The predicted octanol–water partition coefficient (Wildman–Crippen LogP) is 3.33. The molecule has 1 aliphatic carbocycles. The van der Waals surface area contributed by atoms with Gasteiger partial charge in [-0.15, -0.1) is 0 Å². The van der Waals surface area contributed by atoms with Crippen LogP contribution in [-0.2, 0) is 0 Å². The minimum atomic E-state index is -0.866. The van der Waals surface area contributed by atoms with E-state index in [9.17, 15) is 9.90 Å². The molecule has 0 bridgehead atoms. The molecule has 23 heavy (non-hydrogen) atoms. The molecule has 0 unspecified atom stereocenters. The van der Waals surface area contributed by atoms with Gasteiger partial charge in [-0.3, -0.25) is 0 Å². The van der Waals surface area contributed by atoms with Crippen LogP contribution in [0.5, 0.6) is 0 Å². The minimum Gasteiger partial charge on any atom is -0.465 e. The van der Waals surface area contributed by atoms with Crippen molar-refractivity contribution in [2.75, 3.05) is 5.32 Å². The quantitative estimate of drug-likeness (QED) is 0.902. The number of pyridine rings is 1. The molecule has 0 saturated heterocycles. The molecule has 1 saturated carbocycles. The topological polar surface area (TPSA) is 91.5 Å². The van der Waals surface area contributed by atoms with Crippen molar-refractivity contribution < 1.29 is 14.3 Å². The maximum absolute atomic E-state index is 11.6. The second kappa shape index (κ2) is 5.72. The molecule has 2 atom stereocenters. The fourth-order valence-electron chi connectivity index (χ4n) is 3.32. The van der Waals surface area contributed by atoms with Crippen molar-refractivity contribution in [3.8, 4) is 0 Å². The Kier molecular flexibility index (Phi) is 3.87. The molecular weight excluding hydrogens is 296 g/mol. The minimum absolute atomic E-state index is 0.00695. The van der Waals surface area contributed by atoms with Gasteiger partial charge in [0.15, 0.2) is 0 Å². The summed E-state index contributed by atoms with van der Waals surface area (Å²) in [6.45, 7) is 5.77. The van der Waals surface area contributed by atoms with Crippen LogP contribution in [0, 0.1) is 0 Å².